The van der Waals surface area contributed by atoms with Gasteiger partial charge in [-0.1, -0.05) is 6.58 Å². The molecule has 0 radical (unpaired) electrons. The fourth-order valence-corrected chi connectivity index (χ4v) is 1.53. The molecule has 0 aromatic carbocycles. The molecule has 8 nitrogen and oxygen atoms in total. The first-order chi connectivity index (χ1) is 7.88. The number of carbonyl (C=O) groups excluding carboxylic acids is 1. The number of hydrogen-bond donors (Lipinski definition) is 5. The maximum Gasteiger partial charge on any atom is 0.246 e. The Kier molecular flexibility index (Phi) is 6.39. The Morgan fingerprint density at radius 1 is 1.33 bits per heavy atom. The zero-order valence-electron chi connectivity index (χ0n) is 9.91. The van der Waals surface area contributed by atoms with Crippen molar-refractivity contribution in [2.45, 2.75) is 37.6 Å². The minimum absolute atomic E-state index is 0. The van der Waals surface area contributed by atoms with Gasteiger partial charge >= 0.3 is 0 Å². The van der Waals surface area contributed by atoms with Gasteiger partial charge < -0.3 is 36.0 Å². The van der Waals surface area contributed by atoms with E-state index in [1.54, 1.807) is 0 Å². The number of rotatable bonds is 3. The van der Waals surface area contributed by atoms with Crippen molar-refractivity contribution >= 4 is 5.91 Å². The monoisotopic (exact) mass is 265 g/mol. The summed E-state index contributed by atoms with van der Waals surface area (Å²) in [4.78, 5) is 11.3. The van der Waals surface area contributed by atoms with E-state index in [0.29, 0.717) is 0 Å². The Morgan fingerprint density at radius 3 is 2.33 bits per heavy atom. The third kappa shape index (κ3) is 3.48. The van der Waals surface area contributed by atoms with E-state index in [0.717, 1.165) is 0 Å². The van der Waals surface area contributed by atoms with E-state index in [-0.39, 0.29) is 11.0 Å². The van der Waals surface area contributed by atoms with Gasteiger partial charge in [0.1, 0.15) is 24.4 Å². The van der Waals surface area contributed by atoms with E-state index in [9.17, 15) is 20.1 Å². The first-order valence-corrected chi connectivity index (χ1v) is 5.15. The van der Waals surface area contributed by atoms with Crippen LogP contribution in [0.4, 0.5) is 0 Å². The molecule has 1 aliphatic rings. The molecule has 106 valence electrons. The first kappa shape index (κ1) is 17.0. The number of carbonyl (C=O) groups is 1. The van der Waals surface area contributed by atoms with Crippen LogP contribution in [0.2, 0.25) is 0 Å². The molecule has 0 spiro atoms. The SMILES string of the molecule is C=C(C)C(=O)N[C@H]1C(O)O[C@H](CO)[C@H](O)[C@@H]1O.O. The Morgan fingerprint density at radius 2 is 1.89 bits per heavy atom. The van der Waals surface area contributed by atoms with Crippen LogP contribution in [0.1, 0.15) is 6.92 Å². The molecule has 1 heterocycles. The number of amides is 1. The van der Waals surface area contributed by atoms with Crippen molar-refractivity contribution in [1.29, 1.82) is 0 Å². The van der Waals surface area contributed by atoms with Crippen molar-refractivity contribution in [3.05, 3.63) is 12.2 Å². The second kappa shape index (κ2) is 6.78. The number of ether oxygens (including phenoxy) is 1. The zero-order chi connectivity index (χ0) is 13.2. The minimum atomic E-state index is -1.51. The standard InChI is InChI=1S/C10H17NO6.H2O/c1-4(2)9(15)11-6-8(14)7(13)5(3-12)17-10(6)16;/h5-8,10,12-14,16H,1,3H2,2H3,(H,11,15);1H2/t5-,6-,7+,8-,10?;/m1./s1. The lowest BCUT2D eigenvalue weighted by Crippen LogP contribution is -2.64. The maximum atomic E-state index is 11.3. The molecule has 1 saturated heterocycles. The molecular formula is C10H19NO7. The topological polar surface area (TPSA) is 151 Å². The summed E-state index contributed by atoms with van der Waals surface area (Å²) in [7, 11) is 0. The van der Waals surface area contributed by atoms with Gasteiger partial charge in [0.15, 0.2) is 6.29 Å². The lowest BCUT2D eigenvalue weighted by Gasteiger charge is -2.40. The van der Waals surface area contributed by atoms with Crippen LogP contribution in [-0.2, 0) is 9.53 Å². The van der Waals surface area contributed by atoms with Crippen LogP contribution in [-0.4, -0.2) is 69.1 Å². The molecule has 5 atom stereocenters. The van der Waals surface area contributed by atoms with E-state index in [1.165, 1.54) is 6.92 Å². The number of nitrogens with one attached hydrogen (secondary N) is 1. The van der Waals surface area contributed by atoms with Crippen molar-refractivity contribution in [3.8, 4) is 0 Å². The molecule has 0 saturated carbocycles. The Hall–Kier alpha value is -1.03. The van der Waals surface area contributed by atoms with Crippen molar-refractivity contribution in [2.24, 2.45) is 0 Å². The van der Waals surface area contributed by atoms with Gasteiger partial charge in [-0.3, -0.25) is 4.79 Å². The highest BCUT2D eigenvalue weighted by Crippen LogP contribution is 2.19. The summed E-state index contributed by atoms with van der Waals surface area (Å²) in [5.41, 5.74) is 0.197. The van der Waals surface area contributed by atoms with Gasteiger partial charge in [-0.2, -0.15) is 0 Å². The third-order valence-corrected chi connectivity index (χ3v) is 2.59. The molecule has 0 aromatic rings. The van der Waals surface area contributed by atoms with E-state index < -0.39 is 43.2 Å². The minimum Gasteiger partial charge on any atom is -0.412 e. The van der Waals surface area contributed by atoms with Gasteiger partial charge in [0.05, 0.1) is 6.61 Å². The molecule has 1 amide bonds. The van der Waals surface area contributed by atoms with Crippen LogP contribution in [0.15, 0.2) is 12.2 Å². The molecule has 1 unspecified atom stereocenters. The average Bonchev–Trinajstić information content (AvgIpc) is 2.28. The smallest absolute Gasteiger partial charge is 0.246 e. The highest BCUT2D eigenvalue weighted by Gasteiger charge is 2.44. The lowest BCUT2D eigenvalue weighted by molar-refractivity contribution is -0.253. The molecule has 7 N–H and O–H groups in total. The first-order valence-electron chi connectivity index (χ1n) is 5.15. The molecule has 8 heteroatoms. The van der Waals surface area contributed by atoms with Gasteiger partial charge in [-0.15, -0.1) is 0 Å². The van der Waals surface area contributed by atoms with Crippen molar-refractivity contribution < 1.29 is 35.4 Å². The van der Waals surface area contributed by atoms with Crippen LogP contribution < -0.4 is 5.32 Å². The summed E-state index contributed by atoms with van der Waals surface area (Å²) < 4.78 is 4.86. The van der Waals surface area contributed by atoms with Crippen LogP contribution in [0.25, 0.3) is 0 Å². The summed E-state index contributed by atoms with van der Waals surface area (Å²) in [5.74, 6) is -0.564. The Labute approximate surface area is 104 Å². The molecule has 1 aliphatic heterocycles. The van der Waals surface area contributed by atoms with E-state index in [4.69, 9.17) is 9.84 Å². The fourth-order valence-electron chi connectivity index (χ4n) is 1.53. The number of hydrogen-bond acceptors (Lipinski definition) is 6. The van der Waals surface area contributed by atoms with Crippen molar-refractivity contribution in [3.63, 3.8) is 0 Å². The zero-order valence-corrected chi connectivity index (χ0v) is 9.91. The summed E-state index contributed by atoms with van der Waals surface area (Å²) in [6.45, 7) is 4.32. The molecule has 1 fully saturated rings. The van der Waals surface area contributed by atoms with E-state index >= 15 is 0 Å². The number of aliphatic hydroxyl groups is 4. The van der Waals surface area contributed by atoms with Crippen LogP contribution in [0, 0.1) is 0 Å². The highest BCUT2D eigenvalue weighted by atomic mass is 16.6. The average molecular weight is 265 g/mol. The predicted octanol–water partition coefficient (Wildman–Crippen LogP) is -3.35. The molecule has 0 aromatic heterocycles. The summed E-state index contributed by atoms with van der Waals surface area (Å²) in [5, 5.41) is 39.9. The van der Waals surface area contributed by atoms with Crippen molar-refractivity contribution in [2.75, 3.05) is 6.61 Å². The van der Waals surface area contributed by atoms with Gasteiger partial charge in [0, 0.05) is 5.57 Å². The van der Waals surface area contributed by atoms with E-state index in [2.05, 4.69) is 11.9 Å². The van der Waals surface area contributed by atoms with Gasteiger partial charge in [-0.25, -0.2) is 0 Å². The Bertz CT molecular complexity index is 309. The highest BCUT2D eigenvalue weighted by molar-refractivity contribution is 5.92. The second-order valence-electron chi connectivity index (χ2n) is 4.01. The molecule has 0 bridgehead atoms. The van der Waals surface area contributed by atoms with Crippen LogP contribution >= 0.6 is 0 Å². The fraction of sp³-hybridized carbons (Fsp3) is 0.700. The Balaban J connectivity index is 0.00000289. The van der Waals surface area contributed by atoms with Gasteiger partial charge in [0.25, 0.3) is 0 Å². The predicted molar refractivity (Wildman–Crippen MR) is 60.3 cm³/mol. The summed E-state index contributed by atoms with van der Waals surface area (Å²) >= 11 is 0. The second-order valence-corrected chi connectivity index (χ2v) is 4.01. The van der Waals surface area contributed by atoms with Crippen molar-refractivity contribution in [1.82, 2.24) is 5.32 Å². The lowest BCUT2D eigenvalue weighted by atomic mass is 9.97. The van der Waals surface area contributed by atoms with Crippen LogP contribution in [0.3, 0.4) is 0 Å². The molecule has 0 aliphatic carbocycles. The molecule has 18 heavy (non-hydrogen) atoms. The quantitative estimate of drug-likeness (QED) is 0.336. The van der Waals surface area contributed by atoms with Gasteiger partial charge in [-0.05, 0) is 6.92 Å². The third-order valence-electron chi connectivity index (χ3n) is 2.59. The molecule has 1 rings (SSSR count). The largest absolute Gasteiger partial charge is 0.412 e. The number of aliphatic hydroxyl groups excluding tert-OH is 4. The summed E-state index contributed by atoms with van der Waals surface area (Å²) in [6, 6.07) is -1.17. The maximum absolute atomic E-state index is 11.3. The van der Waals surface area contributed by atoms with Crippen LogP contribution in [0.5, 0.6) is 0 Å². The van der Waals surface area contributed by atoms with E-state index in [1.807, 2.05) is 0 Å². The normalized spacial score (nSPS) is 35.5. The molecular weight excluding hydrogens is 246 g/mol. The summed E-state index contributed by atoms with van der Waals surface area (Å²) in [6.07, 6.45) is -5.41. The van der Waals surface area contributed by atoms with Gasteiger partial charge in [0.2, 0.25) is 5.91 Å².